The van der Waals surface area contributed by atoms with Gasteiger partial charge in [-0.2, -0.15) is 0 Å². The fourth-order valence-electron chi connectivity index (χ4n) is 1.32. The summed E-state index contributed by atoms with van der Waals surface area (Å²) < 4.78 is 30.1. The van der Waals surface area contributed by atoms with Gasteiger partial charge in [0.1, 0.15) is 23.0 Å². The molecule has 0 aromatic carbocycles. The average molecular weight is 277 g/mol. The largest absolute Gasteiger partial charge is 0.314 e. The second-order valence-corrected chi connectivity index (χ2v) is 3.53. The van der Waals surface area contributed by atoms with Crippen molar-refractivity contribution in [1.29, 1.82) is 0 Å². The number of hydrogen-bond donors (Lipinski definition) is 0. The molecule has 0 radical (unpaired) electrons. The second kappa shape index (κ2) is 3.49. The number of halogens is 3. The van der Waals surface area contributed by atoms with Gasteiger partial charge in [-0.1, -0.05) is 0 Å². The Morgan fingerprint density at radius 1 is 1.73 bits per heavy atom. The molecule has 0 unspecified atom stereocenters. The lowest BCUT2D eigenvalue weighted by Crippen LogP contribution is -2.28. The Kier molecular flexibility index (Phi) is 3.04. The van der Waals surface area contributed by atoms with Crippen molar-refractivity contribution in [3.8, 4) is 0 Å². The molecule has 5 heteroatoms. The predicted octanol–water partition coefficient (Wildman–Crippen LogP) is 1.69. The highest BCUT2D eigenvalue weighted by Crippen LogP contribution is 2.30. The summed E-state index contributed by atoms with van der Waals surface area (Å²) in [4.78, 5) is 1.64. The molecule has 2 nitrogen and oxygen atoms in total. The molecule has 1 aliphatic rings. The molecular formula is C6H10F2INO. The van der Waals surface area contributed by atoms with Crippen LogP contribution in [0.2, 0.25) is 0 Å². The molecule has 0 aromatic heterocycles. The SMILES string of the molecule is CN1CC(F)(F)C[C@H]1COI. The number of likely N-dealkylation sites (N-methyl/N-ethyl adjacent to an activating group) is 1. The Morgan fingerprint density at radius 3 is 2.73 bits per heavy atom. The number of hydrogen-bond acceptors (Lipinski definition) is 2. The van der Waals surface area contributed by atoms with Gasteiger partial charge in [0.2, 0.25) is 0 Å². The van der Waals surface area contributed by atoms with Crippen LogP contribution in [-0.2, 0) is 3.07 Å². The molecule has 1 atom stereocenters. The first-order valence-corrected chi connectivity index (χ1v) is 4.25. The third kappa shape index (κ3) is 2.48. The molecule has 0 aromatic rings. The van der Waals surface area contributed by atoms with E-state index in [0.717, 1.165) is 0 Å². The van der Waals surface area contributed by atoms with Crippen LogP contribution < -0.4 is 0 Å². The first-order chi connectivity index (χ1) is 5.05. The van der Waals surface area contributed by atoms with Crippen molar-refractivity contribution in [2.45, 2.75) is 18.4 Å². The third-order valence-corrected chi connectivity index (χ3v) is 2.25. The van der Waals surface area contributed by atoms with Gasteiger partial charge in [-0.15, -0.1) is 0 Å². The molecule has 1 fully saturated rings. The van der Waals surface area contributed by atoms with Gasteiger partial charge in [-0.3, -0.25) is 4.90 Å². The van der Waals surface area contributed by atoms with Crippen molar-refractivity contribution in [3.63, 3.8) is 0 Å². The lowest BCUT2D eigenvalue weighted by Gasteiger charge is -2.15. The van der Waals surface area contributed by atoms with Crippen molar-refractivity contribution in [1.82, 2.24) is 4.90 Å². The van der Waals surface area contributed by atoms with E-state index in [4.69, 9.17) is 3.07 Å². The summed E-state index contributed by atoms with van der Waals surface area (Å²) in [6.07, 6.45) is -0.0769. The minimum atomic E-state index is -2.52. The van der Waals surface area contributed by atoms with Crippen molar-refractivity contribution in [2.75, 3.05) is 20.2 Å². The van der Waals surface area contributed by atoms with Crippen LogP contribution in [0.1, 0.15) is 6.42 Å². The zero-order valence-electron chi connectivity index (χ0n) is 6.19. The highest BCUT2D eigenvalue weighted by atomic mass is 127. The Bertz CT molecular complexity index is 145. The number of likely N-dealkylation sites (tertiary alicyclic amines) is 1. The highest BCUT2D eigenvalue weighted by molar-refractivity contribution is 14.1. The lowest BCUT2D eigenvalue weighted by molar-refractivity contribution is 0.0138. The van der Waals surface area contributed by atoms with Crippen LogP contribution in [-0.4, -0.2) is 37.1 Å². The summed E-state index contributed by atoms with van der Waals surface area (Å²) >= 11 is 1.73. The molecule has 0 N–H and O–H groups in total. The smallest absolute Gasteiger partial charge is 0.262 e. The van der Waals surface area contributed by atoms with Crippen molar-refractivity contribution >= 4 is 23.0 Å². The van der Waals surface area contributed by atoms with E-state index in [2.05, 4.69) is 0 Å². The van der Waals surface area contributed by atoms with Crippen LogP contribution in [0, 0.1) is 0 Å². The van der Waals surface area contributed by atoms with Crippen molar-refractivity contribution in [3.05, 3.63) is 0 Å². The predicted molar refractivity (Wildman–Crippen MR) is 46.0 cm³/mol. The van der Waals surface area contributed by atoms with Crippen LogP contribution in [0.5, 0.6) is 0 Å². The van der Waals surface area contributed by atoms with Crippen LogP contribution in [0.3, 0.4) is 0 Å². The van der Waals surface area contributed by atoms with Gasteiger partial charge in [0.25, 0.3) is 5.92 Å². The fourth-order valence-corrected chi connectivity index (χ4v) is 1.73. The zero-order valence-corrected chi connectivity index (χ0v) is 8.35. The van der Waals surface area contributed by atoms with E-state index in [-0.39, 0.29) is 19.0 Å². The molecule has 1 heterocycles. The van der Waals surface area contributed by atoms with Gasteiger partial charge in [0.15, 0.2) is 0 Å². The molecule has 66 valence electrons. The molecule has 0 spiro atoms. The maximum atomic E-state index is 12.7. The summed E-state index contributed by atoms with van der Waals surface area (Å²) in [6.45, 7) is 0.240. The first-order valence-electron chi connectivity index (χ1n) is 3.37. The quantitative estimate of drug-likeness (QED) is 0.712. The summed E-state index contributed by atoms with van der Waals surface area (Å²) in [5.74, 6) is -2.52. The first kappa shape index (κ1) is 9.60. The second-order valence-electron chi connectivity index (χ2n) is 2.90. The zero-order chi connectivity index (χ0) is 8.48. The van der Waals surface area contributed by atoms with Crippen molar-refractivity contribution < 1.29 is 11.8 Å². The average Bonchev–Trinajstić information content (AvgIpc) is 2.07. The molecular weight excluding hydrogens is 267 g/mol. The highest BCUT2D eigenvalue weighted by Gasteiger charge is 2.42. The molecule has 1 aliphatic heterocycles. The van der Waals surface area contributed by atoms with Gasteiger partial charge >= 0.3 is 0 Å². The molecule has 1 rings (SSSR count). The molecule has 0 saturated carbocycles. The van der Waals surface area contributed by atoms with Gasteiger partial charge < -0.3 is 3.07 Å². The fraction of sp³-hybridized carbons (Fsp3) is 1.00. The topological polar surface area (TPSA) is 12.5 Å². The number of nitrogens with zero attached hydrogens (tertiary/aromatic N) is 1. The van der Waals surface area contributed by atoms with Crippen molar-refractivity contribution in [2.24, 2.45) is 0 Å². The van der Waals surface area contributed by atoms with E-state index in [1.807, 2.05) is 0 Å². The third-order valence-electron chi connectivity index (χ3n) is 1.89. The number of rotatable bonds is 2. The minimum absolute atomic E-state index is 0.0769. The Hall–Kier alpha value is 0.510. The van der Waals surface area contributed by atoms with E-state index in [1.165, 1.54) is 0 Å². The van der Waals surface area contributed by atoms with E-state index in [1.54, 1.807) is 35.0 Å². The van der Waals surface area contributed by atoms with E-state index in [9.17, 15) is 8.78 Å². The summed E-state index contributed by atoms with van der Waals surface area (Å²) in [5, 5.41) is 0. The monoisotopic (exact) mass is 277 g/mol. The maximum Gasteiger partial charge on any atom is 0.262 e. The summed E-state index contributed by atoms with van der Waals surface area (Å²) in [7, 11) is 1.70. The standard InChI is InChI=1S/C6H10F2INO/c1-10-4-6(7,8)2-5(10)3-11-9/h5H,2-4H2,1H3/t5-/m0/s1. The molecule has 0 aliphatic carbocycles. The van der Waals surface area contributed by atoms with Gasteiger partial charge in [0, 0.05) is 12.5 Å². The lowest BCUT2D eigenvalue weighted by atomic mass is 10.2. The van der Waals surface area contributed by atoms with Gasteiger partial charge in [-0.25, -0.2) is 8.78 Å². The Morgan fingerprint density at radius 2 is 2.36 bits per heavy atom. The van der Waals surface area contributed by atoms with E-state index >= 15 is 0 Å². The van der Waals surface area contributed by atoms with Crippen LogP contribution in [0.15, 0.2) is 0 Å². The van der Waals surface area contributed by atoms with E-state index in [0.29, 0.717) is 6.61 Å². The van der Waals surface area contributed by atoms with Gasteiger partial charge in [0.05, 0.1) is 13.2 Å². The maximum absolute atomic E-state index is 12.7. The van der Waals surface area contributed by atoms with Crippen LogP contribution >= 0.6 is 23.0 Å². The summed E-state index contributed by atoms with van der Waals surface area (Å²) in [6, 6.07) is -0.123. The van der Waals surface area contributed by atoms with Crippen LogP contribution in [0.25, 0.3) is 0 Å². The number of alkyl halides is 2. The summed E-state index contributed by atoms with van der Waals surface area (Å²) in [5.41, 5.74) is 0. The minimum Gasteiger partial charge on any atom is -0.314 e. The molecule has 11 heavy (non-hydrogen) atoms. The van der Waals surface area contributed by atoms with E-state index < -0.39 is 5.92 Å². The Balaban J connectivity index is 2.45. The normalized spacial score (nSPS) is 31.1. The molecule has 1 saturated heterocycles. The molecule has 0 bridgehead atoms. The van der Waals surface area contributed by atoms with Crippen LogP contribution in [0.4, 0.5) is 8.78 Å². The van der Waals surface area contributed by atoms with Gasteiger partial charge in [-0.05, 0) is 7.05 Å². The Labute approximate surface area is 78.6 Å². The molecule has 0 amide bonds.